The van der Waals surface area contributed by atoms with Gasteiger partial charge in [0, 0.05) is 31.3 Å². The molecule has 1 aliphatic rings. The van der Waals surface area contributed by atoms with Crippen LogP contribution in [-0.2, 0) is 21.3 Å². The summed E-state index contributed by atoms with van der Waals surface area (Å²) in [4.78, 5) is 0.199. The van der Waals surface area contributed by atoms with Crippen molar-refractivity contribution in [3.05, 3.63) is 28.8 Å². The van der Waals surface area contributed by atoms with Gasteiger partial charge in [-0.2, -0.15) is 0 Å². The first kappa shape index (κ1) is 15.7. The van der Waals surface area contributed by atoms with Crippen LogP contribution in [0, 0.1) is 5.92 Å². The molecule has 20 heavy (non-hydrogen) atoms. The minimum atomic E-state index is -3.51. The smallest absolute Gasteiger partial charge is 0.240 e. The van der Waals surface area contributed by atoms with E-state index in [0.29, 0.717) is 23.0 Å². The van der Waals surface area contributed by atoms with Gasteiger partial charge in [0.1, 0.15) is 0 Å². The molecule has 1 saturated heterocycles. The molecule has 1 atom stereocenters. The van der Waals surface area contributed by atoms with E-state index in [4.69, 9.17) is 22.1 Å². The molecule has 1 aromatic rings. The van der Waals surface area contributed by atoms with Gasteiger partial charge in [-0.25, -0.2) is 13.1 Å². The van der Waals surface area contributed by atoms with E-state index in [0.717, 1.165) is 26.1 Å². The van der Waals surface area contributed by atoms with Gasteiger partial charge in [-0.05, 0) is 42.5 Å². The van der Waals surface area contributed by atoms with Crippen molar-refractivity contribution in [3.8, 4) is 0 Å². The van der Waals surface area contributed by atoms with Crippen molar-refractivity contribution in [1.82, 2.24) is 4.72 Å². The van der Waals surface area contributed by atoms with Gasteiger partial charge in [0.2, 0.25) is 10.0 Å². The Balaban J connectivity index is 1.98. The van der Waals surface area contributed by atoms with Crippen LogP contribution in [0.3, 0.4) is 0 Å². The van der Waals surface area contributed by atoms with Gasteiger partial charge in [-0.1, -0.05) is 11.6 Å². The third kappa shape index (κ3) is 3.93. The lowest BCUT2D eigenvalue weighted by Crippen LogP contribution is -2.26. The van der Waals surface area contributed by atoms with Gasteiger partial charge in [-0.3, -0.25) is 0 Å². The first-order chi connectivity index (χ1) is 9.53. The Bertz CT molecular complexity index is 557. The fourth-order valence-electron chi connectivity index (χ4n) is 2.17. The van der Waals surface area contributed by atoms with E-state index in [-0.39, 0.29) is 11.4 Å². The van der Waals surface area contributed by atoms with Crippen LogP contribution >= 0.6 is 11.6 Å². The van der Waals surface area contributed by atoms with Gasteiger partial charge in [0.15, 0.2) is 0 Å². The summed E-state index contributed by atoms with van der Waals surface area (Å²) in [6, 6.07) is 4.56. The maximum atomic E-state index is 12.2. The fourth-order valence-corrected chi connectivity index (χ4v) is 3.46. The van der Waals surface area contributed by atoms with Gasteiger partial charge in [-0.15, -0.1) is 0 Å². The van der Waals surface area contributed by atoms with Gasteiger partial charge < -0.3 is 10.5 Å². The van der Waals surface area contributed by atoms with E-state index in [1.165, 1.54) is 12.1 Å². The monoisotopic (exact) mass is 318 g/mol. The number of halogens is 1. The minimum Gasteiger partial charge on any atom is -0.381 e. The van der Waals surface area contributed by atoms with E-state index in [1.807, 2.05) is 0 Å². The molecule has 1 aromatic carbocycles. The first-order valence-corrected chi connectivity index (χ1v) is 8.45. The topological polar surface area (TPSA) is 81.4 Å². The highest BCUT2D eigenvalue weighted by Gasteiger charge is 2.18. The van der Waals surface area contributed by atoms with Crippen LogP contribution in [-0.4, -0.2) is 28.2 Å². The van der Waals surface area contributed by atoms with Crippen molar-refractivity contribution in [3.63, 3.8) is 0 Å². The fraction of sp³-hybridized carbons (Fsp3) is 0.538. The normalized spacial score (nSPS) is 19.4. The lowest BCUT2D eigenvalue weighted by atomic mass is 10.1. The van der Waals surface area contributed by atoms with Crippen molar-refractivity contribution >= 4 is 21.6 Å². The van der Waals surface area contributed by atoms with Crippen molar-refractivity contribution in [1.29, 1.82) is 0 Å². The van der Waals surface area contributed by atoms with Gasteiger partial charge in [0.05, 0.1) is 4.90 Å². The summed E-state index contributed by atoms with van der Waals surface area (Å²) >= 11 is 5.93. The largest absolute Gasteiger partial charge is 0.381 e. The lowest BCUT2D eigenvalue weighted by molar-refractivity contribution is 0.184. The van der Waals surface area contributed by atoms with Crippen molar-refractivity contribution < 1.29 is 13.2 Å². The molecule has 0 aliphatic carbocycles. The number of nitrogens with one attached hydrogen (secondary N) is 1. The Morgan fingerprint density at radius 1 is 1.45 bits per heavy atom. The first-order valence-electron chi connectivity index (χ1n) is 6.59. The average Bonchev–Trinajstić information content (AvgIpc) is 2.92. The Morgan fingerprint density at radius 2 is 2.25 bits per heavy atom. The molecule has 1 heterocycles. The van der Waals surface area contributed by atoms with Crippen LogP contribution in [0.2, 0.25) is 5.02 Å². The summed E-state index contributed by atoms with van der Waals surface area (Å²) in [5.41, 5.74) is 6.16. The molecule has 1 unspecified atom stereocenters. The number of hydrogen-bond donors (Lipinski definition) is 2. The zero-order valence-corrected chi connectivity index (χ0v) is 12.7. The summed E-state index contributed by atoms with van der Waals surface area (Å²) in [5, 5.41) is 0.481. The Hall–Kier alpha value is -0.660. The molecule has 7 heteroatoms. The maximum Gasteiger partial charge on any atom is 0.240 e. The molecular weight excluding hydrogens is 300 g/mol. The molecular formula is C13H19ClN2O3S. The number of benzene rings is 1. The standard InChI is InChI=1S/C13H19ClN2O3S/c14-13-2-1-12(7-11(13)8-15)20(17,18)16-5-3-10-4-6-19-9-10/h1-2,7,10,16H,3-6,8-9,15H2. The van der Waals surface area contributed by atoms with Gasteiger partial charge in [0.25, 0.3) is 0 Å². The third-order valence-corrected chi connectivity index (χ3v) is 5.24. The van der Waals surface area contributed by atoms with Crippen molar-refractivity contribution in [2.45, 2.75) is 24.3 Å². The molecule has 0 radical (unpaired) electrons. The Kier molecular flexibility index (Phi) is 5.40. The summed E-state index contributed by atoms with van der Waals surface area (Å²) in [7, 11) is -3.51. The molecule has 5 nitrogen and oxygen atoms in total. The summed E-state index contributed by atoms with van der Waals surface area (Å²) in [6.45, 7) is 2.12. The molecule has 3 N–H and O–H groups in total. The number of ether oxygens (including phenoxy) is 1. The molecule has 1 fully saturated rings. The third-order valence-electron chi connectivity index (χ3n) is 3.42. The highest BCUT2D eigenvalue weighted by molar-refractivity contribution is 7.89. The number of hydrogen-bond acceptors (Lipinski definition) is 4. The van der Waals surface area contributed by atoms with Crippen LogP contribution in [0.25, 0.3) is 0 Å². The molecule has 0 spiro atoms. The van der Waals surface area contributed by atoms with Crippen molar-refractivity contribution in [2.75, 3.05) is 19.8 Å². The van der Waals surface area contributed by atoms with Crippen LogP contribution in [0.4, 0.5) is 0 Å². The van der Waals surface area contributed by atoms with Gasteiger partial charge >= 0.3 is 0 Å². The molecule has 1 aliphatic heterocycles. The van der Waals surface area contributed by atoms with Crippen LogP contribution in [0.1, 0.15) is 18.4 Å². The maximum absolute atomic E-state index is 12.2. The second-order valence-electron chi connectivity index (χ2n) is 4.87. The predicted octanol–water partition coefficient (Wildman–Crippen LogP) is 1.50. The highest BCUT2D eigenvalue weighted by atomic mass is 35.5. The quantitative estimate of drug-likeness (QED) is 0.833. The molecule has 2 rings (SSSR count). The van der Waals surface area contributed by atoms with Crippen LogP contribution in [0.5, 0.6) is 0 Å². The lowest BCUT2D eigenvalue weighted by Gasteiger charge is -2.11. The van der Waals surface area contributed by atoms with Crippen LogP contribution in [0.15, 0.2) is 23.1 Å². The Labute approximate surface area is 124 Å². The molecule has 0 saturated carbocycles. The summed E-state index contributed by atoms with van der Waals surface area (Å²) < 4.78 is 32.2. The van der Waals surface area contributed by atoms with E-state index < -0.39 is 10.0 Å². The molecule has 112 valence electrons. The van der Waals surface area contributed by atoms with E-state index in [9.17, 15) is 8.42 Å². The molecule has 0 bridgehead atoms. The number of nitrogens with two attached hydrogens (primary N) is 1. The second kappa shape index (κ2) is 6.87. The van der Waals surface area contributed by atoms with E-state index in [2.05, 4.69) is 4.72 Å². The average molecular weight is 319 g/mol. The molecule has 0 amide bonds. The second-order valence-corrected chi connectivity index (χ2v) is 7.05. The van der Waals surface area contributed by atoms with E-state index in [1.54, 1.807) is 6.07 Å². The number of rotatable bonds is 6. The number of sulfonamides is 1. The highest BCUT2D eigenvalue weighted by Crippen LogP contribution is 2.20. The summed E-state index contributed by atoms with van der Waals surface area (Å²) in [5.74, 6) is 0.447. The van der Waals surface area contributed by atoms with E-state index >= 15 is 0 Å². The van der Waals surface area contributed by atoms with Crippen LogP contribution < -0.4 is 10.5 Å². The molecule has 0 aromatic heterocycles. The SMILES string of the molecule is NCc1cc(S(=O)(=O)NCCC2CCOC2)ccc1Cl. The minimum absolute atomic E-state index is 0.199. The zero-order chi connectivity index (χ0) is 14.6. The van der Waals surface area contributed by atoms with Crippen molar-refractivity contribution in [2.24, 2.45) is 11.7 Å². The predicted molar refractivity (Wildman–Crippen MR) is 78.1 cm³/mol. The Morgan fingerprint density at radius 3 is 2.90 bits per heavy atom. The zero-order valence-electron chi connectivity index (χ0n) is 11.1. The summed E-state index contributed by atoms with van der Waals surface area (Å²) in [6.07, 6.45) is 1.79.